The van der Waals surface area contributed by atoms with Gasteiger partial charge in [0.15, 0.2) is 17.6 Å². The third-order valence-electron chi connectivity index (χ3n) is 3.44. The second-order valence-corrected chi connectivity index (χ2v) is 5.35. The third kappa shape index (κ3) is 4.95. The summed E-state index contributed by atoms with van der Waals surface area (Å²) in [5, 5.41) is 2.49. The van der Waals surface area contributed by atoms with E-state index in [0.717, 1.165) is 0 Å². The molecule has 1 N–H and O–H groups in total. The molecule has 0 aliphatic heterocycles. The fourth-order valence-corrected chi connectivity index (χ4v) is 2.16. The van der Waals surface area contributed by atoms with E-state index in [1.165, 1.54) is 50.4 Å². The number of carbonyl (C=O) groups is 2. The van der Waals surface area contributed by atoms with Crippen LogP contribution in [0.15, 0.2) is 42.5 Å². The van der Waals surface area contributed by atoms with Crippen LogP contribution < -0.4 is 14.8 Å². The molecule has 0 aliphatic carbocycles. The highest BCUT2D eigenvalue weighted by Gasteiger charge is 2.20. The molecule has 0 aliphatic rings. The van der Waals surface area contributed by atoms with Gasteiger partial charge < -0.3 is 19.5 Å². The Bertz CT molecular complexity index is 793. The highest BCUT2D eigenvalue weighted by molar-refractivity contribution is 5.97. The van der Waals surface area contributed by atoms with Crippen LogP contribution in [0, 0.1) is 5.82 Å². The molecule has 0 spiro atoms. The van der Waals surface area contributed by atoms with Gasteiger partial charge in [0, 0.05) is 5.69 Å². The number of hydrogen-bond donors (Lipinski definition) is 1. The van der Waals surface area contributed by atoms with Crippen LogP contribution in [0.1, 0.15) is 24.2 Å². The molecule has 7 heteroatoms. The molecule has 6 nitrogen and oxygen atoms in total. The lowest BCUT2D eigenvalue weighted by Gasteiger charge is -2.15. The van der Waals surface area contributed by atoms with Crippen LogP contribution in [-0.2, 0) is 9.53 Å². The molecule has 0 aromatic heterocycles. The number of esters is 1. The predicted octanol–water partition coefficient (Wildman–Crippen LogP) is 3.42. The van der Waals surface area contributed by atoms with Crippen molar-refractivity contribution >= 4 is 17.6 Å². The molecule has 0 radical (unpaired) electrons. The Hall–Kier alpha value is -3.09. The topological polar surface area (TPSA) is 73.9 Å². The van der Waals surface area contributed by atoms with E-state index in [1.54, 1.807) is 6.07 Å². The summed E-state index contributed by atoms with van der Waals surface area (Å²) in [6, 6.07) is 10.0. The Kier molecular flexibility index (Phi) is 6.54. The molecule has 2 aromatic rings. The van der Waals surface area contributed by atoms with Crippen molar-refractivity contribution in [3.63, 3.8) is 0 Å². The number of hydrogen-bond acceptors (Lipinski definition) is 5. The summed E-state index contributed by atoms with van der Waals surface area (Å²) in [5.74, 6) is -0.842. The van der Waals surface area contributed by atoms with Crippen LogP contribution in [0.5, 0.6) is 11.5 Å². The normalized spacial score (nSPS) is 11.4. The van der Waals surface area contributed by atoms with E-state index < -0.39 is 23.8 Å². The van der Waals surface area contributed by atoms with E-state index in [4.69, 9.17) is 14.2 Å². The minimum absolute atomic E-state index is 0.218. The maximum Gasteiger partial charge on any atom is 0.339 e. The Labute approximate surface area is 150 Å². The lowest BCUT2D eigenvalue weighted by molar-refractivity contribution is -0.123. The highest BCUT2D eigenvalue weighted by Crippen LogP contribution is 2.28. The lowest BCUT2D eigenvalue weighted by Crippen LogP contribution is -2.30. The SMILES string of the molecule is CCOc1ccc(C(=O)OC(C)C(=O)Nc2cccc(F)c2)cc1OC. The first-order valence-electron chi connectivity index (χ1n) is 8.02. The Morgan fingerprint density at radius 1 is 1.15 bits per heavy atom. The minimum Gasteiger partial charge on any atom is -0.493 e. The number of ether oxygens (including phenoxy) is 3. The van der Waals surface area contributed by atoms with E-state index in [0.29, 0.717) is 18.1 Å². The van der Waals surface area contributed by atoms with Crippen molar-refractivity contribution < 1.29 is 28.2 Å². The predicted molar refractivity (Wildman–Crippen MR) is 94.1 cm³/mol. The lowest BCUT2D eigenvalue weighted by atomic mass is 10.2. The van der Waals surface area contributed by atoms with Crippen molar-refractivity contribution in [3.8, 4) is 11.5 Å². The first-order valence-corrected chi connectivity index (χ1v) is 8.02. The quantitative estimate of drug-likeness (QED) is 0.765. The summed E-state index contributed by atoms with van der Waals surface area (Å²) in [5.41, 5.74) is 0.497. The molecule has 0 bridgehead atoms. The molecule has 0 saturated heterocycles. The zero-order chi connectivity index (χ0) is 19.1. The van der Waals surface area contributed by atoms with Gasteiger partial charge in [0.2, 0.25) is 0 Å². The standard InChI is InChI=1S/C19H20FNO5/c1-4-25-16-9-8-13(10-17(16)24-3)19(23)26-12(2)18(22)21-15-7-5-6-14(20)11-15/h5-12H,4H2,1-3H3,(H,21,22). The minimum atomic E-state index is -1.07. The van der Waals surface area contributed by atoms with Crippen LogP contribution in [0.25, 0.3) is 0 Å². The molecule has 0 heterocycles. The fourth-order valence-electron chi connectivity index (χ4n) is 2.16. The van der Waals surface area contributed by atoms with Crippen molar-refractivity contribution in [1.82, 2.24) is 0 Å². The number of benzene rings is 2. The zero-order valence-electron chi connectivity index (χ0n) is 14.7. The van der Waals surface area contributed by atoms with Crippen molar-refractivity contribution in [3.05, 3.63) is 53.8 Å². The number of methoxy groups -OCH3 is 1. The molecule has 1 unspecified atom stereocenters. The summed E-state index contributed by atoms with van der Waals surface area (Å²) < 4.78 is 28.9. The summed E-state index contributed by atoms with van der Waals surface area (Å²) in [6.07, 6.45) is -1.07. The maximum absolute atomic E-state index is 13.2. The van der Waals surface area contributed by atoms with Gasteiger partial charge in [0.25, 0.3) is 5.91 Å². The summed E-state index contributed by atoms with van der Waals surface area (Å²) in [4.78, 5) is 24.3. The van der Waals surface area contributed by atoms with Crippen LogP contribution in [0.2, 0.25) is 0 Å². The second kappa shape index (κ2) is 8.84. The van der Waals surface area contributed by atoms with Crippen molar-refractivity contribution in [2.45, 2.75) is 20.0 Å². The van der Waals surface area contributed by atoms with Gasteiger partial charge in [0.1, 0.15) is 5.82 Å². The average Bonchev–Trinajstić information content (AvgIpc) is 2.62. The number of halogens is 1. The zero-order valence-corrected chi connectivity index (χ0v) is 14.7. The molecule has 0 fully saturated rings. The molecular formula is C19H20FNO5. The number of rotatable bonds is 7. The summed E-state index contributed by atoms with van der Waals surface area (Å²) >= 11 is 0. The number of anilines is 1. The fraction of sp³-hybridized carbons (Fsp3) is 0.263. The largest absolute Gasteiger partial charge is 0.493 e. The van der Waals surface area contributed by atoms with E-state index in [2.05, 4.69) is 5.32 Å². The van der Waals surface area contributed by atoms with E-state index >= 15 is 0 Å². The van der Waals surface area contributed by atoms with Gasteiger partial charge in [-0.2, -0.15) is 0 Å². The van der Waals surface area contributed by atoms with E-state index in [9.17, 15) is 14.0 Å². The van der Waals surface area contributed by atoms with Crippen molar-refractivity contribution in [1.29, 1.82) is 0 Å². The highest BCUT2D eigenvalue weighted by atomic mass is 19.1. The van der Waals surface area contributed by atoms with Crippen LogP contribution >= 0.6 is 0 Å². The molecule has 1 amide bonds. The average molecular weight is 361 g/mol. The third-order valence-corrected chi connectivity index (χ3v) is 3.44. The summed E-state index contributed by atoms with van der Waals surface area (Å²) in [7, 11) is 1.46. The summed E-state index contributed by atoms with van der Waals surface area (Å²) in [6.45, 7) is 3.72. The molecule has 2 rings (SSSR count). The van der Waals surface area contributed by atoms with Gasteiger partial charge in [0.05, 0.1) is 19.3 Å². The smallest absolute Gasteiger partial charge is 0.339 e. The molecule has 26 heavy (non-hydrogen) atoms. The van der Waals surface area contributed by atoms with Crippen LogP contribution in [-0.4, -0.2) is 31.7 Å². The molecular weight excluding hydrogens is 341 g/mol. The van der Waals surface area contributed by atoms with Crippen LogP contribution in [0.4, 0.5) is 10.1 Å². The maximum atomic E-state index is 13.2. The molecule has 0 saturated carbocycles. The Morgan fingerprint density at radius 2 is 1.92 bits per heavy atom. The number of amides is 1. The van der Waals surface area contributed by atoms with Crippen molar-refractivity contribution in [2.75, 3.05) is 19.0 Å². The number of carbonyl (C=O) groups excluding carboxylic acids is 2. The number of nitrogens with one attached hydrogen (secondary N) is 1. The van der Waals surface area contributed by atoms with Gasteiger partial charge in [-0.05, 0) is 50.2 Å². The molecule has 138 valence electrons. The van der Waals surface area contributed by atoms with Gasteiger partial charge in [-0.25, -0.2) is 9.18 Å². The Balaban J connectivity index is 2.02. The van der Waals surface area contributed by atoms with Gasteiger partial charge >= 0.3 is 5.97 Å². The first-order chi connectivity index (χ1) is 12.4. The molecule has 1 atom stereocenters. The Morgan fingerprint density at radius 3 is 2.58 bits per heavy atom. The van der Waals surface area contributed by atoms with Crippen LogP contribution in [0.3, 0.4) is 0 Å². The monoisotopic (exact) mass is 361 g/mol. The second-order valence-electron chi connectivity index (χ2n) is 5.35. The van der Waals surface area contributed by atoms with E-state index in [1.807, 2.05) is 6.92 Å². The van der Waals surface area contributed by atoms with Gasteiger partial charge in [-0.1, -0.05) is 6.07 Å². The van der Waals surface area contributed by atoms with Gasteiger partial charge in [-0.15, -0.1) is 0 Å². The molecule has 2 aromatic carbocycles. The van der Waals surface area contributed by atoms with Gasteiger partial charge in [-0.3, -0.25) is 4.79 Å². The van der Waals surface area contributed by atoms with E-state index in [-0.39, 0.29) is 11.3 Å². The van der Waals surface area contributed by atoms with Crippen molar-refractivity contribution in [2.24, 2.45) is 0 Å². The first kappa shape index (κ1) is 19.2.